The summed E-state index contributed by atoms with van der Waals surface area (Å²) in [6, 6.07) is 2.14. The monoisotopic (exact) mass is 396 g/mol. The predicted octanol–water partition coefficient (Wildman–Crippen LogP) is 5.04. The summed E-state index contributed by atoms with van der Waals surface area (Å²) in [5.41, 5.74) is 0.313. The smallest absolute Gasteiger partial charge is 0.205 e. The van der Waals surface area contributed by atoms with Gasteiger partial charge >= 0.3 is 0 Å². The zero-order chi connectivity index (χ0) is 15.8. The Bertz CT molecular complexity index is 672. The third kappa shape index (κ3) is 3.83. The fraction of sp³-hybridized carbons (Fsp3) is 0.462. The van der Waals surface area contributed by atoms with Crippen LogP contribution in [0.3, 0.4) is 0 Å². The van der Waals surface area contributed by atoms with E-state index in [-0.39, 0.29) is 27.5 Å². The summed E-state index contributed by atoms with van der Waals surface area (Å²) in [6.45, 7) is 7.41. The summed E-state index contributed by atoms with van der Waals surface area (Å²) in [5, 5.41) is 0.0782. The third-order valence-corrected chi connectivity index (χ3v) is 5.76. The van der Waals surface area contributed by atoms with E-state index < -0.39 is 19.7 Å². The summed E-state index contributed by atoms with van der Waals surface area (Å²) in [4.78, 5) is 3.96. The second kappa shape index (κ2) is 6.32. The van der Waals surface area contributed by atoms with Gasteiger partial charge in [0.15, 0.2) is 5.82 Å². The van der Waals surface area contributed by atoms with Crippen LogP contribution in [0, 0.1) is 11.6 Å². The van der Waals surface area contributed by atoms with Gasteiger partial charge in [0.25, 0.3) is 0 Å². The average molecular weight is 398 g/mol. The Morgan fingerprint density at radius 2 is 2.05 bits per heavy atom. The van der Waals surface area contributed by atoms with Crippen LogP contribution in [0.1, 0.15) is 0 Å². The minimum absolute atomic E-state index is 0.0782. The maximum atomic E-state index is 14.2. The minimum atomic E-state index is -1.19. The highest BCUT2D eigenvalue weighted by Crippen LogP contribution is 2.30. The fourth-order valence-electron chi connectivity index (χ4n) is 1.82. The second-order valence-electron chi connectivity index (χ2n) is 6.01. The molecule has 2 aromatic rings. The molecule has 116 valence electrons. The number of rotatable bonds is 5. The van der Waals surface area contributed by atoms with Crippen LogP contribution in [0.2, 0.25) is 31.0 Å². The number of imidazole rings is 1. The maximum absolute atomic E-state index is 14.2. The van der Waals surface area contributed by atoms with Crippen LogP contribution >= 0.6 is 27.5 Å². The van der Waals surface area contributed by atoms with E-state index in [0.29, 0.717) is 6.61 Å². The predicted molar refractivity (Wildman–Crippen MR) is 86.5 cm³/mol. The van der Waals surface area contributed by atoms with Crippen molar-refractivity contribution in [3.63, 3.8) is 0 Å². The van der Waals surface area contributed by atoms with Gasteiger partial charge in [-0.2, -0.15) is 0 Å². The molecule has 0 aliphatic rings. The molecule has 8 heteroatoms. The van der Waals surface area contributed by atoms with Crippen molar-refractivity contribution in [3.8, 4) is 0 Å². The molecule has 0 spiro atoms. The standard InChI is InChI=1S/C13H16BrClF2N2OSi/c1-21(2,3)5-4-20-7-19-12-9(18-13(19)15)6-8(16)10(14)11(12)17/h6H,4-5,7H2,1-3H3. The molecule has 0 aliphatic heterocycles. The lowest BCUT2D eigenvalue weighted by Crippen LogP contribution is -2.22. The molecule has 0 atom stereocenters. The molecule has 0 unspecified atom stereocenters. The first-order valence-electron chi connectivity index (χ1n) is 6.47. The highest BCUT2D eigenvalue weighted by atomic mass is 79.9. The lowest BCUT2D eigenvalue weighted by molar-refractivity contribution is 0.0897. The van der Waals surface area contributed by atoms with Crippen molar-refractivity contribution in [2.24, 2.45) is 0 Å². The summed E-state index contributed by atoms with van der Waals surface area (Å²) < 4.78 is 34.4. The van der Waals surface area contributed by atoms with Gasteiger partial charge in [-0.05, 0) is 33.6 Å². The van der Waals surface area contributed by atoms with Gasteiger partial charge in [0, 0.05) is 20.7 Å². The molecule has 21 heavy (non-hydrogen) atoms. The molecule has 0 bridgehead atoms. The lowest BCUT2D eigenvalue weighted by atomic mass is 10.3. The Hall–Kier alpha value is -0.503. The molecule has 0 fully saturated rings. The Balaban J connectivity index is 2.24. The van der Waals surface area contributed by atoms with Gasteiger partial charge < -0.3 is 4.74 Å². The first-order chi connectivity index (χ1) is 9.70. The highest BCUT2D eigenvalue weighted by Gasteiger charge is 2.19. The van der Waals surface area contributed by atoms with Crippen molar-refractivity contribution in [1.29, 1.82) is 0 Å². The number of benzene rings is 1. The van der Waals surface area contributed by atoms with Crippen molar-refractivity contribution < 1.29 is 13.5 Å². The molecule has 1 heterocycles. The molecule has 0 aliphatic carbocycles. The number of nitrogens with zero attached hydrogens (tertiary/aromatic N) is 2. The van der Waals surface area contributed by atoms with Crippen molar-refractivity contribution in [2.75, 3.05) is 6.61 Å². The normalized spacial score (nSPS) is 12.3. The zero-order valence-electron chi connectivity index (χ0n) is 12.0. The van der Waals surface area contributed by atoms with Gasteiger partial charge in [-0.25, -0.2) is 13.8 Å². The number of halogens is 4. The van der Waals surface area contributed by atoms with E-state index >= 15 is 0 Å². The summed E-state index contributed by atoms with van der Waals surface area (Å²) in [7, 11) is -1.19. The van der Waals surface area contributed by atoms with Crippen molar-refractivity contribution in [3.05, 3.63) is 27.5 Å². The highest BCUT2D eigenvalue weighted by molar-refractivity contribution is 9.10. The number of hydrogen-bond donors (Lipinski definition) is 0. The van der Waals surface area contributed by atoms with Gasteiger partial charge in [0.05, 0.1) is 9.99 Å². The fourth-order valence-corrected chi connectivity index (χ4v) is 3.10. The van der Waals surface area contributed by atoms with E-state index in [9.17, 15) is 8.78 Å². The molecule has 0 N–H and O–H groups in total. The third-order valence-electron chi connectivity index (χ3n) is 3.04. The van der Waals surface area contributed by atoms with Crippen LogP contribution < -0.4 is 0 Å². The van der Waals surface area contributed by atoms with E-state index in [1.54, 1.807) is 0 Å². The van der Waals surface area contributed by atoms with E-state index in [1.807, 2.05) is 0 Å². The number of aromatic nitrogens is 2. The molecular formula is C13H16BrClF2N2OSi. The van der Waals surface area contributed by atoms with Gasteiger partial charge in [-0.15, -0.1) is 0 Å². The molecule has 0 radical (unpaired) electrons. The van der Waals surface area contributed by atoms with Crippen LogP contribution in [-0.2, 0) is 11.5 Å². The summed E-state index contributed by atoms with van der Waals surface area (Å²) in [5.74, 6) is -1.43. The quantitative estimate of drug-likeness (QED) is 0.401. The van der Waals surface area contributed by atoms with Crippen LogP contribution in [0.5, 0.6) is 0 Å². The van der Waals surface area contributed by atoms with Gasteiger partial charge in [0.1, 0.15) is 18.1 Å². The first-order valence-corrected chi connectivity index (χ1v) is 11.4. The molecule has 2 rings (SSSR count). The van der Waals surface area contributed by atoms with E-state index in [1.165, 1.54) is 4.57 Å². The molecule has 0 amide bonds. The van der Waals surface area contributed by atoms with E-state index in [4.69, 9.17) is 16.3 Å². The van der Waals surface area contributed by atoms with Crippen LogP contribution in [0.4, 0.5) is 8.78 Å². The van der Waals surface area contributed by atoms with Crippen molar-refractivity contribution in [1.82, 2.24) is 9.55 Å². The Morgan fingerprint density at radius 1 is 1.38 bits per heavy atom. The second-order valence-corrected chi connectivity index (χ2v) is 12.8. The number of fused-ring (bicyclic) bond motifs is 1. The maximum Gasteiger partial charge on any atom is 0.205 e. The lowest BCUT2D eigenvalue weighted by Gasteiger charge is -2.16. The molecular weight excluding hydrogens is 382 g/mol. The SMILES string of the molecule is C[Si](C)(C)CCOCn1c(Cl)nc2cc(F)c(Br)c(F)c21. The van der Waals surface area contributed by atoms with E-state index in [0.717, 1.165) is 12.1 Å². The minimum Gasteiger partial charge on any atom is -0.361 e. The van der Waals surface area contributed by atoms with Crippen molar-refractivity contribution >= 4 is 46.6 Å². The van der Waals surface area contributed by atoms with E-state index in [2.05, 4.69) is 40.6 Å². The van der Waals surface area contributed by atoms with Gasteiger partial charge in [0.2, 0.25) is 5.28 Å². The zero-order valence-corrected chi connectivity index (χ0v) is 15.4. The van der Waals surface area contributed by atoms with Crippen molar-refractivity contribution in [2.45, 2.75) is 32.4 Å². The molecule has 0 saturated heterocycles. The Morgan fingerprint density at radius 3 is 2.67 bits per heavy atom. The van der Waals surface area contributed by atoms with Crippen LogP contribution in [0.25, 0.3) is 11.0 Å². The molecule has 1 aromatic carbocycles. The Labute approximate surface area is 136 Å². The molecule has 3 nitrogen and oxygen atoms in total. The van der Waals surface area contributed by atoms with Crippen LogP contribution in [0.15, 0.2) is 10.5 Å². The van der Waals surface area contributed by atoms with Crippen LogP contribution in [-0.4, -0.2) is 24.2 Å². The van der Waals surface area contributed by atoms with Gasteiger partial charge in [-0.1, -0.05) is 19.6 Å². The number of ether oxygens (including phenoxy) is 1. The Kier molecular flexibility index (Phi) is 5.07. The number of hydrogen-bond acceptors (Lipinski definition) is 2. The topological polar surface area (TPSA) is 27.1 Å². The van der Waals surface area contributed by atoms with Gasteiger partial charge in [-0.3, -0.25) is 4.57 Å². The molecule has 0 saturated carbocycles. The summed E-state index contributed by atoms with van der Waals surface area (Å²) >= 11 is 8.87. The molecule has 1 aromatic heterocycles. The largest absolute Gasteiger partial charge is 0.361 e. The first kappa shape index (κ1) is 16.9. The summed E-state index contributed by atoms with van der Waals surface area (Å²) in [6.07, 6.45) is 0. The average Bonchev–Trinajstić information content (AvgIpc) is 2.67.